The second kappa shape index (κ2) is 4.91. The number of alkyl halides is 2. The minimum absolute atomic E-state index is 0.158. The first-order valence-corrected chi connectivity index (χ1v) is 6.86. The van der Waals surface area contributed by atoms with Crippen molar-refractivity contribution in [3.05, 3.63) is 30.1 Å². The molecule has 1 aromatic heterocycles. The first kappa shape index (κ1) is 14.2. The van der Waals surface area contributed by atoms with Gasteiger partial charge in [0.2, 0.25) is 0 Å². The van der Waals surface area contributed by atoms with E-state index in [0.29, 0.717) is 0 Å². The fourth-order valence-corrected chi connectivity index (χ4v) is 2.72. The van der Waals surface area contributed by atoms with Gasteiger partial charge in [0.1, 0.15) is 12.6 Å². The van der Waals surface area contributed by atoms with Crippen molar-refractivity contribution in [1.29, 1.82) is 0 Å². The number of rotatable bonds is 3. The van der Waals surface area contributed by atoms with Gasteiger partial charge in [0, 0.05) is 19.4 Å². The molecule has 1 aliphatic carbocycles. The highest BCUT2D eigenvalue weighted by molar-refractivity contribution is 5.76. The molecular weight excluding hydrogens is 280 g/mol. The van der Waals surface area contributed by atoms with Crippen molar-refractivity contribution in [2.45, 2.75) is 30.3 Å². The molecule has 3 rings (SSSR count). The minimum Gasteiger partial charge on any atom is -0.373 e. The Labute approximate surface area is 121 Å². The maximum Gasteiger partial charge on any atom is 0.318 e. The Morgan fingerprint density at radius 1 is 1.43 bits per heavy atom. The number of pyridine rings is 1. The van der Waals surface area contributed by atoms with E-state index < -0.39 is 30.1 Å². The summed E-state index contributed by atoms with van der Waals surface area (Å²) in [5, 5.41) is 2.38. The summed E-state index contributed by atoms with van der Waals surface area (Å²) in [4.78, 5) is 17.7. The number of urea groups is 1. The molecule has 2 fully saturated rings. The highest BCUT2D eigenvalue weighted by atomic mass is 19.3. The third-order valence-electron chi connectivity index (χ3n) is 4.27. The zero-order valence-corrected chi connectivity index (χ0v) is 11.7. The summed E-state index contributed by atoms with van der Waals surface area (Å²) in [5.41, 5.74) is 0.575. The van der Waals surface area contributed by atoms with Gasteiger partial charge in [0.15, 0.2) is 0 Å². The lowest BCUT2D eigenvalue weighted by Crippen LogP contribution is -2.52. The van der Waals surface area contributed by atoms with Gasteiger partial charge in [-0.2, -0.15) is 0 Å². The van der Waals surface area contributed by atoms with E-state index in [2.05, 4.69) is 10.3 Å². The molecule has 1 unspecified atom stereocenters. The third kappa shape index (κ3) is 2.46. The molecule has 7 heteroatoms. The number of amides is 2. The van der Waals surface area contributed by atoms with Crippen molar-refractivity contribution in [3.8, 4) is 0 Å². The van der Waals surface area contributed by atoms with Crippen molar-refractivity contribution in [2.75, 3.05) is 20.3 Å². The van der Waals surface area contributed by atoms with E-state index in [1.165, 1.54) is 4.90 Å². The van der Waals surface area contributed by atoms with E-state index in [-0.39, 0.29) is 6.61 Å². The van der Waals surface area contributed by atoms with Gasteiger partial charge < -0.3 is 15.0 Å². The van der Waals surface area contributed by atoms with E-state index in [1.54, 1.807) is 19.4 Å². The number of nitrogens with zero attached hydrogens (tertiary/aromatic N) is 2. The predicted octanol–water partition coefficient (Wildman–Crippen LogP) is 1.75. The number of carbonyl (C=O) groups is 1. The Kier molecular flexibility index (Phi) is 3.32. The lowest BCUT2D eigenvalue weighted by molar-refractivity contribution is -0.0225. The number of nitrogens with one attached hydrogen (secondary N) is 1. The van der Waals surface area contributed by atoms with Crippen molar-refractivity contribution >= 4 is 6.03 Å². The first-order valence-electron chi connectivity index (χ1n) is 6.86. The molecule has 2 aliphatic rings. The summed E-state index contributed by atoms with van der Waals surface area (Å²) in [5.74, 6) is -3.01. The topological polar surface area (TPSA) is 54.5 Å². The number of halogens is 2. The molecular formula is C14H17F2N3O2. The van der Waals surface area contributed by atoms with Crippen LogP contribution in [-0.2, 0) is 10.3 Å². The van der Waals surface area contributed by atoms with E-state index in [0.717, 1.165) is 18.4 Å². The van der Waals surface area contributed by atoms with Crippen LogP contribution in [0.2, 0.25) is 0 Å². The fraction of sp³-hybridized carbons (Fsp3) is 0.571. The van der Waals surface area contributed by atoms with Crippen LogP contribution in [0.1, 0.15) is 18.4 Å². The smallest absolute Gasteiger partial charge is 0.318 e. The zero-order valence-electron chi connectivity index (χ0n) is 11.7. The Bertz CT molecular complexity index is 534. The van der Waals surface area contributed by atoms with Crippen LogP contribution < -0.4 is 5.32 Å². The highest BCUT2D eigenvalue weighted by Gasteiger charge is 2.52. The van der Waals surface area contributed by atoms with Crippen LogP contribution in [0.5, 0.6) is 0 Å². The van der Waals surface area contributed by atoms with Crippen LogP contribution in [-0.4, -0.2) is 48.1 Å². The molecule has 21 heavy (non-hydrogen) atoms. The van der Waals surface area contributed by atoms with Crippen LogP contribution in [0.3, 0.4) is 0 Å². The average molecular weight is 297 g/mol. The molecule has 1 saturated carbocycles. The summed E-state index contributed by atoms with van der Waals surface area (Å²) >= 11 is 0. The minimum atomic E-state index is -3.01. The molecule has 1 atom stereocenters. The Morgan fingerprint density at radius 2 is 2.10 bits per heavy atom. The van der Waals surface area contributed by atoms with Crippen molar-refractivity contribution < 1.29 is 18.3 Å². The molecule has 1 aromatic rings. The summed E-state index contributed by atoms with van der Waals surface area (Å²) in [6.45, 7) is -0.800. The first-order chi connectivity index (χ1) is 9.96. The Hall–Kier alpha value is -1.76. The molecule has 114 valence electrons. The summed E-state index contributed by atoms with van der Waals surface area (Å²) in [6, 6.07) is 1.94. The molecule has 0 radical (unpaired) electrons. The van der Waals surface area contributed by atoms with Gasteiger partial charge in [-0.05, 0) is 30.5 Å². The number of carbonyl (C=O) groups excluding carboxylic acids is 1. The molecule has 0 spiro atoms. The second-order valence-corrected chi connectivity index (χ2v) is 5.60. The molecule has 2 amide bonds. The zero-order chi connectivity index (χ0) is 15.1. The van der Waals surface area contributed by atoms with Crippen LogP contribution in [0.25, 0.3) is 0 Å². The van der Waals surface area contributed by atoms with Gasteiger partial charge in [-0.3, -0.25) is 4.98 Å². The SMILES string of the molecule is CN(C(=O)NC1COCC1(F)F)C1(c2ccncc2)CC1. The van der Waals surface area contributed by atoms with Crippen molar-refractivity contribution in [1.82, 2.24) is 15.2 Å². The molecule has 1 N–H and O–H groups in total. The van der Waals surface area contributed by atoms with Gasteiger partial charge in [0.25, 0.3) is 5.92 Å². The van der Waals surface area contributed by atoms with Gasteiger partial charge >= 0.3 is 6.03 Å². The predicted molar refractivity (Wildman–Crippen MR) is 71.0 cm³/mol. The van der Waals surface area contributed by atoms with Gasteiger partial charge in [-0.25, -0.2) is 13.6 Å². The summed E-state index contributed by atoms with van der Waals surface area (Å²) < 4.78 is 31.7. The lowest BCUT2D eigenvalue weighted by Gasteiger charge is -2.30. The van der Waals surface area contributed by atoms with E-state index in [1.807, 2.05) is 12.1 Å². The molecule has 2 heterocycles. The maximum absolute atomic E-state index is 13.5. The molecule has 0 aromatic carbocycles. The largest absolute Gasteiger partial charge is 0.373 e. The van der Waals surface area contributed by atoms with E-state index >= 15 is 0 Å². The Morgan fingerprint density at radius 3 is 2.62 bits per heavy atom. The molecule has 5 nitrogen and oxygen atoms in total. The number of ether oxygens (including phenoxy) is 1. The molecule has 1 aliphatic heterocycles. The van der Waals surface area contributed by atoms with Crippen molar-refractivity contribution in [3.63, 3.8) is 0 Å². The normalized spacial score (nSPS) is 25.4. The quantitative estimate of drug-likeness (QED) is 0.924. The molecule has 1 saturated heterocycles. The maximum atomic E-state index is 13.5. The highest BCUT2D eigenvalue weighted by Crippen LogP contribution is 2.50. The van der Waals surface area contributed by atoms with Crippen molar-refractivity contribution in [2.24, 2.45) is 0 Å². The van der Waals surface area contributed by atoms with E-state index in [4.69, 9.17) is 4.74 Å². The fourth-order valence-electron chi connectivity index (χ4n) is 2.72. The number of hydrogen-bond donors (Lipinski definition) is 1. The lowest BCUT2D eigenvalue weighted by atomic mass is 10.1. The monoisotopic (exact) mass is 297 g/mol. The van der Waals surface area contributed by atoms with Crippen LogP contribution in [0.4, 0.5) is 13.6 Å². The van der Waals surface area contributed by atoms with Gasteiger partial charge in [0.05, 0.1) is 12.1 Å². The average Bonchev–Trinajstić information content (AvgIpc) is 3.21. The van der Waals surface area contributed by atoms with Crippen LogP contribution >= 0.6 is 0 Å². The standard InChI is InChI=1S/C14H17F2N3O2/c1-19(12(20)18-11-8-21-9-14(11,15)16)13(4-5-13)10-2-6-17-7-3-10/h2-3,6-7,11H,4-5,8-9H2,1H3,(H,18,20). The second-order valence-electron chi connectivity index (χ2n) is 5.60. The van der Waals surface area contributed by atoms with Crippen LogP contribution in [0.15, 0.2) is 24.5 Å². The Balaban J connectivity index is 1.71. The summed E-state index contributed by atoms with van der Waals surface area (Å²) in [7, 11) is 1.64. The number of hydrogen-bond acceptors (Lipinski definition) is 3. The van der Waals surface area contributed by atoms with Crippen LogP contribution in [0, 0.1) is 0 Å². The number of aromatic nitrogens is 1. The van der Waals surface area contributed by atoms with Gasteiger partial charge in [-0.1, -0.05) is 0 Å². The summed E-state index contributed by atoms with van der Waals surface area (Å²) in [6.07, 6.45) is 4.97. The van der Waals surface area contributed by atoms with Gasteiger partial charge in [-0.15, -0.1) is 0 Å². The van der Waals surface area contributed by atoms with E-state index in [9.17, 15) is 13.6 Å². The molecule has 0 bridgehead atoms. The third-order valence-corrected chi connectivity index (χ3v) is 4.27.